The van der Waals surface area contributed by atoms with E-state index < -0.39 is 29.7 Å². The van der Waals surface area contributed by atoms with Gasteiger partial charge in [-0.1, -0.05) is 42.5 Å². The summed E-state index contributed by atoms with van der Waals surface area (Å²) in [5.41, 5.74) is 2.93. The van der Waals surface area contributed by atoms with Crippen LogP contribution < -0.4 is 15.4 Å². The Labute approximate surface area is 231 Å². The van der Waals surface area contributed by atoms with E-state index in [9.17, 15) is 19.1 Å². The van der Waals surface area contributed by atoms with E-state index in [1.165, 1.54) is 6.07 Å². The molecule has 3 aromatic carbocycles. The first kappa shape index (κ1) is 27.1. The normalized spacial score (nSPS) is 16.6. The van der Waals surface area contributed by atoms with Gasteiger partial charge in [0, 0.05) is 35.6 Å². The zero-order chi connectivity index (χ0) is 28.1. The third-order valence-corrected chi connectivity index (χ3v) is 7.08. The van der Waals surface area contributed by atoms with Crippen LogP contribution in [-0.4, -0.2) is 41.2 Å². The molecule has 5 rings (SSSR count). The van der Waals surface area contributed by atoms with Crippen LogP contribution >= 0.6 is 0 Å². The molecule has 1 amide bonds. The van der Waals surface area contributed by atoms with Gasteiger partial charge in [-0.25, -0.2) is 9.37 Å². The Morgan fingerprint density at radius 1 is 1.12 bits per heavy atom. The molecule has 1 aliphatic rings. The van der Waals surface area contributed by atoms with E-state index in [0.29, 0.717) is 60.1 Å². The van der Waals surface area contributed by atoms with Crippen molar-refractivity contribution in [2.75, 3.05) is 13.2 Å². The molecule has 1 saturated heterocycles. The average Bonchev–Trinajstić information content (AvgIpc) is 3.60. The summed E-state index contributed by atoms with van der Waals surface area (Å²) in [5, 5.41) is 15.5. The number of nitrogens with zero attached hydrogens (tertiary/aromatic N) is 1. The number of rotatable bonds is 10. The Morgan fingerprint density at radius 2 is 1.90 bits per heavy atom. The number of carboxylic acids is 1. The number of amides is 1. The highest BCUT2D eigenvalue weighted by atomic mass is 19.1. The lowest BCUT2D eigenvalue weighted by Crippen LogP contribution is -2.35. The summed E-state index contributed by atoms with van der Waals surface area (Å²) in [6.07, 6.45) is 1.06. The van der Waals surface area contributed by atoms with Crippen molar-refractivity contribution in [1.82, 2.24) is 15.6 Å². The molecule has 1 fully saturated rings. The second-order valence-electron chi connectivity index (χ2n) is 9.67. The molecule has 0 bridgehead atoms. The third-order valence-electron chi connectivity index (χ3n) is 7.08. The molecular formula is C31H30FN3O5. The minimum atomic E-state index is -0.974. The number of hydrogen-bond acceptors (Lipinski definition) is 6. The maximum Gasteiger partial charge on any atom is 0.321 e. The van der Waals surface area contributed by atoms with Crippen LogP contribution in [0.15, 0.2) is 77.2 Å². The van der Waals surface area contributed by atoms with Crippen LogP contribution in [0.3, 0.4) is 0 Å². The van der Waals surface area contributed by atoms with E-state index in [-0.39, 0.29) is 6.54 Å². The number of hydrogen-bond donors (Lipinski definition) is 3. The van der Waals surface area contributed by atoms with Crippen molar-refractivity contribution in [2.24, 2.45) is 0 Å². The number of aryl methyl sites for hydroxylation is 1. The van der Waals surface area contributed by atoms with Gasteiger partial charge in [-0.15, -0.1) is 0 Å². The molecule has 0 radical (unpaired) electrons. The van der Waals surface area contributed by atoms with Gasteiger partial charge >= 0.3 is 5.97 Å². The molecule has 8 nitrogen and oxygen atoms in total. The topological polar surface area (TPSA) is 114 Å². The molecule has 0 saturated carbocycles. The van der Waals surface area contributed by atoms with Gasteiger partial charge in [-0.3, -0.25) is 9.59 Å². The molecular weight excluding hydrogens is 513 g/mol. The van der Waals surface area contributed by atoms with E-state index in [4.69, 9.17) is 9.15 Å². The standard InChI is InChI=1S/C31H30FN3O5/c1-19-27(35-30(40-19)20-7-3-2-4-8-20)14-16-39-22-11-12-23(24-13-15-33-28(24)31(37)38)25(17-22)29(36)34-18-21-9-5-6-10-26(21)32/h2-12,17,24,28,33H,13-16,18H2,1H3,(H,34,36)(H,37,38)/t24?,28-/m0/s1. The summed E-state index contributed by atoms with van der Waals surface area (Å²) in [5.74, 6) is -0.497. The largest absolute Gasteiger partial charge is 0.493 e. The molecule has 40 heavy (non-hydrogen) atoms. The maximum absolute atomic E-state index is 14.1. The number of carbonyl (C=O) groups is 2. The zero-order valence-electron chi connectivity index (χ0n) is 22.0. The number of ether oxygens (including phenoxy) is 1. The van der Waals surface area contributed by atoms with Gasteiger partial charge in [0.2, 0.25) is 5.89 Å². The molecule has 1 aromatic heterocycles. The SMILES string of the molecule is Cc1oc(-c2ccccc2)nc1CCOc1ccc(C2CCN[C@@H]2C(=O)O)c(C(=O)NCc2ccccc2F)c1. The van der Waals surface area contributed by atoms with Crippen LogP contribution in [0.4, 0.5) is 4.39 Å². The summed E-state index contributed by atoms with van der Waals surface area (Å²) in [4.78, 5) is 29.8. The monoisotopic (exact) mass is 543 g/mol. The van der Waals surface area contributed by atoms with Crippen molar-refractivity contribution in [3.63, 3.8) is 0 Å². The fourth-order valence-corrected chi connectivity index (χ4v) is 4.99. The Balaban J connectivity index is 1.33. The molecule has 0 spiro atoms. The predicted molar refractivity (Wildman–Crippen MR) is 147 cm³/mol. The predicted octanol–water partition coefficient (Wildman–Crippen LogP) is 4.87. The van der Waals surface area contributed by atoms with Crippen molar-refractivity contribution in [3.8, 4) is 17.2 Å². The molecule has 2 atom stereocenters. The molecule has 206 valence electrons. The summed E-state index contributed by atoms with van der Waals surface area (Å²) in [6, 6.07) is 20.2. The highest BCUT2D eigenvalue weighted by molar-refractivity contribution is 5.96. The van der Waals surface area contributed by atoms with Crippen molar-refractivity contribution in [3.05, 3.63) is 107 Å². The summed E-state index contributed by atoms with van der Waals surface area (Å²) in [7, 11) is 0. The highest BCUT2D eigenvalue weighted by Gasteiger charge is 2.36. The minimum Gasteiger partial charge on any atom is -0.493 e. The average molecular weight is 544 g/mol. The highest BCUT2D eigenvalue weighted by Crippen LogP contribution is 2.33. The number of carbonyl (C=O) groups excluding carboxylic acids is 1. The van der Waals surface area contributed by atoms with Crippen molar-refractivity contribution < 1.29 is 28.2 Å². The van der Waals surface area contributed by atoms with Crippen LogP contribution in [0.5, 0.6) is 5.75 Å². The zero-order valence-corrected chi connectivity index (χ0v) is 22.0. The molecule has 0 aliphatic carbocycles. The first-order valence-corrected chi connectivity index (χ1v) is 13.2. The second kappa shape index (κ2) is 12.1. The van der Waals surface area contributed by atoms with Crippen LogP contribution in [0.1, 0.15) is 45.3 Å². The Hall–Kier alpha value is -4.50. The first-order valence-electron chi connectivity index (χ1n) is 13.2. The van der Waals surface area contributed by atoms with Crippen LogP contribution in [0.2, 0.25) is 0 Å². The van der Waals surface area contributed by atoms with E-state index in [0.717, 1.165) is 11.3 Å². The van der Waals surface area contributed by atoms with Crippen molar-refractivity contribution >= 4 is 11.9 Å². The first-order chi connectivity index (χ1) is 19.4. The molecule has 3 N–H and O–H groups in total. The quantitative estimate of drug-likeness (QED) is 0.262. The third kappa shape index (κ3) is 6.05. The van der Waals surface area contributed by atoms with Gasteiger partial charge in [0.1, 0.15) is 23.4 Å². The fourth-order valence-electron chi connectivity index (χ4n) is 4.99. The lowest BCUT2D eigenvalue weighted by molar-refractivity contribution is -0.139. The van der Waals surface area contributed by atoms with E-state index >= 15 is 0 Å². The van der Waals surface area contributed by atoms with Crippen LogP contribution in [-0.2, 0) is 17.8 Å². The van der Waals surface area contributed by atoms with E-state index in [1.54, 1.807) is 36.4 Å². The van der Waals surface area contributed by atoms with Gasteiger partial charge in [0.25, 0.3) is 5.91 Å². The van der Waals surface area contributed by atoms with Crippen LogP contribution in [0.25, 0.3) is 11.5 Å². The van der Waals surface area contributed by atoms with Gasteiger partial charge in [-0.2, -0.15) is 0 Å². The molecule has 2 heterocycles. The minimum absolute atomic E-state index is 0.00348. The van der Waals surface area contributed by atoms with Crippen LogP contribution in [0, 0.1) is 12.7 Å². The number of aliphatic carboxylic acids is 1. The Morgan fingerprint density at radius 3 is 2.67 bits per heavy atom. The molecule has 9 heteroatoms. The lowest BCUT2D eigenvalue weighted by atomic mass is 9.88. The summed E-state index contributed by atoms with van der Waals surface area (Å²) >= 11 is 0. The fraction of sp³-hybridized carbons (Fsp3) is 0.258. The van der Waals surface area contributed by atoms with Gasteiger partial charge in [0.15, 0.2) is 0 Å². The molecule has 1 unspecified atom stereocenters. The number of benzene rings is 3. The van der Waals surface area contributed by atoms with Gasteiger partial charge in [-0.05, 0) is 55.8 Å². The molecule has 1 aliphatic heterocycles. The van der Waals surface area contributed by atoms with Gasteiger partial charge in [0.05, 0.1) is 12.3 Å². The van der Waals surface area contributed by atoms with Gasteiger partial charge < -0.3 is 24.9 Å². The maximum atomic E-state index is 14.1. The van der Waals surface area contributed by atoms with E-state index in [2.05, 4.69) is 15.6 Å². The second-order valence-corrected chi connectivity index (χ2v) is 9.67. The lowest BCUT2D eigenvalue weighted by Gasteiger charge is -2.20. The molecule has 4 aromatic rings. The van der Waals surface area contributed by atoms with Crippen molar-refractivity contribution in [1.29, 1.82) is 0 Å². The number of aromatic nitrogens is 1. The Kier molecular flexibility index (Phi) is 8.21. The van der Waals surface area contributed by atoms with E-state index in [1.807, 2.05) is 37.3 Å². The number of nitrogens with one attached hydrogen (secondary N) is 2. The van der Waals surface area contributed by atoms with Crippen molar-refractivity contribution in [2.45, 2.75) is 38.3 Å². The smallest absolute Gasteiger partial charge is 0.321 e. The summed E-state index contributed by atoms with van der Waals surface area (Å²) < 4.78 is 25.9. The number of carboxylic acid groups (broad SMARTS) is 1. The summed E-state index contributed by atoms with van der Waals surface area (Å²) in [6.45, 7) is 2.67. The number of halogens is 1. The Bertz CT molecular complexity index is 1500. The number of oxazole rings is 1.